The van der Waals surface area contributed by atoms with E-state index in [2.05, 4.69) is 31.2 Å². The number of hydrogen-bond acceptors (Lipinski definition) is 3. The van der Waals surface area contributed by atoms with E-state index in [-0.39, 0.29) is 5.78 Å². The van der Waals surface area contributed by atoms with Gasteiger partial charge in [0, 0.05) is 12.5 Å². The zero-order valence-corrected chi connectivity index (χ0v) is 14.1. The Labute approximate surface area is 133 Å². The van der Waals surface area contributed by atoms with Crippen molar-refractivity contribution in [3.05, 3.63) is 52.4 Å². The second-order valence-electron chi connectivity index (χ2n) is 5.19. The molecule has 2 aromatic rings. The fourth-order valence-electron chi connectivity index (χ4n) is 2.12. The first-order chi connectivity index (χ1) is 10.1. The van der Waals surface area contributed by atoms with E-state index in [1.165, 1.54) is 22.5 Å². The van der Waals surface area contributed by atoms with E-state index in [9.17, 15) is 9.35 Å². The van der Waals surface area contributed by atoms with E-state index in [4.69, 9.17) is 0 Å². The number of carbonyl (C=O) groups is 1. The maximum absolute atomic E-state index is 12.0. The molecule has 0 aliphatic carbocycles. The van der Waals surface area contributed by atoms with E-state index >= 15 is 0 Å². The van der Waals surface area contributed by atoms with Crippen LogP contribution in [0.4, 0.5) is 0 Å². The molecule has 1 aromatic carbocycles. The second kappa shape index (κ2) is 7.78. The van der Waals surface area contributed by atoms with Gasteiger partial charge in [-0.1, -0.05) is 41.2 Å². The third kappa shape index (κ3) is 4.99. The average Bonchev–Trinajstić information content (AvgIpc) is 2.95. The molecule has 4 heteroatoms. The van der Waals surface area contributed by atoms with Crippen LogP contribution in [0.15, 0.2) is 40.6 Å². The fraction of sp³-hybridized carbons (Fsp3) is 0.353. The van der Waals surface area contributed by atoms with Gasteiger partial charge in [-0.15, -0.1) is 0 Å². The quantitative estimate of drug-likeness (QED) is 0.431. The topological polar surface area (TPSA) is 40.1 Å². The molecule has 21 heavy (non-hydrogen) atoms. The number of carbonyl (C=O) groups excluding carboxylic acids is 1. The number of rotatable bonds is 7. The zero-order valence-electron chi connectivity index (χ0n) is 12.4. The lowest BCUT2D eigenvalue weighted by atomic mass is 10.0. The maximum Gasteiger partial charge on any atom is 0.207 e. The van der Waals surface area contributed by atoms with E-state index in [0.717, 1.165) is 28.3 Å². The molecule has 112 valence electrons. The SMILES string of the molecule is Cc1ccc(CCCCC(=O)c2ccc([S+](C)[O-])s2)cc1. The second-order valence-corrected chi connectivity index (χ2v) is 7.88. The predicted molar refractivity (Wildman–Crippen MR) is 89.7 cm³/mol. The summed E-state index contributed by atoms with van der Waals surface area (Å²) in [6, 6.07) is 12.1. The van der Waals surface area contributed by atoms with E-state index in [1.807, 2.05) is 0 Å². The van der Waals surface area contributed by atoms with Crippen LogP contribution in [0.2, 0.25) is 0 Å². The summed E-state index contributed by atoms with van der Waals surface area (Å²) in [5.74, 6) is 0.167. The first-order valence-corrected chi connectivity index (χ1v) is 9.46. The highest BCUT2D eigenvalue weighted by molar-refractivity contribution is 7.92. The first-order valence-electron chi connectivity index (χ1n) is 7.08. The van der Waals surface area contributed by atoms with Gasteiger partial charge in [-0.25, -0.2) is 0 Å². The molecule has 2 nitrogen and oxygen atoms in total. The standard InChI is InChI=1S/C17H20O2S2/c1-13-7-9-14(10-8-13)5-3-4-6-15(18)16-11-12-17(20-16)21(2)19/h7-12H,3-6H2,1-2H3. The summed E-state index contributed by atoms with van der Waals surface area (Å²) in [6.07, 6.45) is 5.15. The van der Waals surface area contributed by atoms with Gasteiger partial charge in [0.25, 0.3) is 0 Å². The summed E-state index contributed by atoms with van der Waals surface area (Å²) in [4.78, 5) is 12.8. The van der Waals surface area contributed by atoms with Crippen molar-refractivity contribution < 1.29 is 9.35 Å². The van der Waals surface area contributed by atoms with Crippen molar-refractivity contribution in [2.75, 3.05) is 6.26 Å². The van der Waals surface area contributed by atoms with Crippen LogP contribution in [0.5, 0.6) is 0 Å². The monoisotopic (exact) mass is 320 g/mol. The molecule has 0 bridgehead atoms. The number of unbranched alkanes of at least 4 members (excludes halogenated alkanes) is 1. The molecule has 1 heterocycles. The van der Waals surface area contributed by atoms with Crippen LogP contribution < -0.4 is 0 Å². The molecule has 0 spiro atoms. The van der Waals surface area contributed by atoms with Crippen LogP contribution in [0.25, 0.3) is 0 Å². The number of benzene rings is 1. The Morgan fingerprint density at radius 3 is 2.48 bits per heavy atom. The molecular weight excluding hydrogens is 300 g/mol. The Kier molecular flexibility index (Phi) is 6.03. The molecular formula is C17H20O2S2. The average molecular weight is 320 g/mol. The molecule has 1 unspecified atom stereocenters. The molecule has 0 radical (unpaired) electrons. The van der Waals surface area contributed by atoms with Gasteiger partial charge >= 0.3 is 0 Å². The molecule has 1 aromatic heterocycles. The minimum absolute atomic E-state index is 0.167. The Bertz CT molecular complexity index is 585. The maximum atomic E-state index is 12.0. The van der Waals surface area contributed by atoms with Crippen LogP contribution in [-0.2, 0) is 17.6 Å². The van der Waals surface area contributed by atoms with Gasteiger partial charge < -0.3 is 4.55 Å². The van der Waals surface area contributed by atoms with Crippen molar-refractivity contribution in [2.45, 2.75) is 36.8 Å². The van der Waals surface area contributed by atoms with Crippen LogP contribution in [0.3, 0.4) is 0 Å². The van der Waals surface area contributed by atoms with Gasteiger partial charge in [0.05, 0.1) is 4.88 Å². The van der Waals surface area contributed by atoms with E-state index in [0.29, 0.717) is 6.42 Å². The molecule has 0 saturated heterocycles. The Balaban J connectivity index is 1.75. The number of aryl methyl sites for hydroxylation is 2. The van der Waals surface area contributed by atoms with Crippen LogP contribution >= 0.6 is 11.3 Å². The number of hydrogen-bond donors (Lipinski definition) is 0. The van der Waals surface area contributed by atoms with Crippen molar-refractivity contribution in [3.8, 4) is 0 Å². The first kappa shape index (κ1) is 16.3. The lowest BCUT2D eigenvalue weighted by Gasteiger charge is -2.02. The van der Waals surface area contributed by atoms with Gasteiger partial charge in [0.2, 0.25) is 4.21 Å². The lowest BCUT2D eigenvalue weighted by molar-refractivity contribution is 0.0983. The lowest BCUT2D eigenvalue weighted by Crippen LogP contribution is -1.97. The number of thiophene rings is 1. The fourth-order valence-corrected chi connectivity index (χ4v) is 3.82. The zero-order chi connectivity index (χ0) is 15.2. The normalized spacial score (nSPS) is 12.3. The Hall–Kier alpha value is -1.10. The van der Waals surface area contributed by atoms with Crippen LogP contribution in [-0.4, -0.2) is 16.6 Å². The van der Waals surface area contributed by atoms with Crippen molar-refractivity contribution >= 4 is 28.3 Å². The molecule has 0 N–H and O–H groups in total. The minimum atomic E-state index is -0.993. The van der Waals surface area contributed by atoms with Gasteiger partial charge in [-0.3, -0.25) is 4.79 Å². The van der Waals surface area contributed by atoms with Crippen molar-refractivity contribution in [1.82, 2.24) is 0 Å². The highest BCUT2D eigenvalue weighted by Crippen LogP contribution is 2.23. The molecule has 0 fully saturated rings. The van der Waals surface area contributed by atoms with Crippen molar-refractivity contribution in [3.63, 3.8) is 0 Å². The molecule has 0 aliphatic heterocycles. The highest BCUT2D eigenvalue weighted by Gasteiger charge is 2.13. The summed E-state index contributed by atoms with van der Waals surface area (Å²) in [6.45, 7) is 2.08. The Morgan fingerprint density at radius 2 is 1.86 bits per heavy atom. The predicted octanol–water partition coefficient (Wildman–Crippen LogP) is 4.39. The number of Topliss-reactive ketones (excluding diaryl/α,β-unsaturated/α-hetero) is 1. The third-order valence-corrected chi connectivity index (χ3v) is 5.96. The molecule has 0 saturated carbocycles. The van der Waals surface area contributed by atoms with Gasteiger partial charge in [0.15, 0.2) is 5.78 Å². The van der Waals surface area contributed by atoms with Crippen LogP contribution in [0.1, 0.15) is 40.1 Å². The van der Waals surface area contributed by atoms with Gasteiger partial charge in [-0.2, -0.15) is 0 Å². The Morgan fingerprint density at radius 1 is 1.14 bits per heavy atom. The molecule has 0 amide bonds. The summed E-state index contributed by atoms with van der Waals surface area (Å²) in [5.41, 5.74) is 2.60. The third-order valence-electron chi connectivity index (χ3n) is 3.38. The molecule has 2 rings (SSSR count). The smallest absolute Gasteiger partial charge is 0.207 e. The largest absolute Gasteiger partial charge is 0.611 e. The van der Waals surface area contributed by atoms with Crippen molar-refractivity contribution in [2.24, 2.45) is 0 Å². The van der Waals surface area contributed by atoms with Crippen LogP contribution in [0, 0.1) is 6.92 Å². The summed E-state index contributed by atoms with van der Waals surface area (Å²) in [5, 5.41) is 0. The minimum Gasteiger partial charge on any atom is -0.611 e. The summed E-state index contributed by atoms with van der Waals surface area (Å²) in [7, 11) is 0. The van der Waals surface area contributed by atoms with Gasteiger partial charge in [0.1, 0.15) is 6.26 Å². The highest BCUT2D eigenvalue weighted by atomic mass is 32.2. The summed E-state index contributed by atoms with van der Waals surface area (Å²) < 4.78 is 12.1. The molecule has 0 aliphatic rings. The van der Waals surface area contributed by atoms with E-state index < -0.39 is 11.2 Å². The van der Waals surface area contributed by atoms with E-state index in [1.54, 1.807) is 18.4 Å². The number of ketones is 1. The summed E-state index contributed by atoms with van der Waals surface area (Å²) >= 11 is 0.363. The van der Waals surface area contributed by atoms with Gasteiger partial charge in [-0.05, 0) is 49.0 Å². The van der Waals surface area contributed by atoms with Crippen molar-refractivity contribution in [1.29, 1.82) is 0 Å². The molecule has 1 atom stereocenters.